The molecule has 0 unspecified atom stereocenters. The molecule has 3 heteroatoms. The van der Waals surface area contributed by atoms with Crippen LogP contribution in [0.25, 0.3) is 0 Å². The first-order valence-corrected chi connectivity index (χ1v) is 5.50. The van der Waals surface area contributed by atoms with Gasteiger partial charge in [-0.1, -0.05) is 11.6 Å². The molecule has 1 saturated carbocycles. The van der Waals surface area contributed by atoms with Gasteiger partial charge in [-0.25, -0.2) is 8.78 Å². The predicted octanol–water partition coefficient (Wildman–Crippen LogP) is 3.81. The third kappa shape index (κ3) is 1.79. The first kappa shape index (κ1) is 11.4. The molecule has 0 aromatic heterocycles. The van der Waals surface area contributed by atoms with Gasteiger partial charge in [-0.3, -0.25) is 0 Å². The molecule has 2 rings (SSSR count). The van der Waals surface area contributed by atoms with Gasteiger partial charge in [-0.15, -0.1) is 0 Å². The highest BCUT2D eigenvalue weighted by atomic mass is 19.3. The number of ether oxygens (including phenoxy) is 1. The van der Waals surface area contributed by atoms with Crippen LogP contribution < -0.4 is 4.74 Å². The second-order valence-corrected chi connectivity index (χ2v) is 4.56. The molecule has 0 saturated heterocycles. The number of methoxy groups -OCH3 is 1. The molecule has 0 N–H and O–H groups in total. The van der Waals surface area contributed by atoms with Crippen molar-refractivity contribution in [3.63, 3.8) is 0 Å². The van der Waals surface area contributed by atoms with E-state index in [0.29, 0.717) is 18.6 Å². The van der Waals surface area contributed by atoms with Crippen molar-refractivity contribution in [1.82, 2.24) is 0 Å². The Morgan fingerprint density at radius 2 is 1.88 bits per heavy atom. The summed E-state index contributed by atoms with van der Waals surface area (Å²) in [5.74, 6) is -2.91. The third-order valence-electron chi connectivity index (χ3n) is 3.07. The van der Waals surface area contributed by atoms with Crippen LogP contribution in [0, 0.1) is 19.8 Å². The summed E-state index contributed by atoms with van der Waals surface area (Å²) in [4.78, 5) is 0. The van der Waals surface area contributed by atoms with E-state index in [0.717, 1.165) is 11.1 Å². The first-order chi connectivity index (χ1) is 7.46. The van der Waals surface area contributed by atoms with E-state index in [4.69, 9.17) is 4.74 Å². The molecule has 0 heterocycles. The molecule has 88 valence electrons. The van der Waals surface area contributed by atoms with Crippen LogP contribution in [0.3, 0.4) is 0 Å². The van der Waals surface area contributed by atoms with E-state index in [1.165, 1.54) is 7.11 Å². The fourth-order valence-corrected chi connectivity index (χ4v) is 2.14. The molecule has 0 amide bonds. The molecule has 1 aromatic rings. The summed E-state index contributed by atoms with van der Waals surface area (Å²) in [6, 6.07) is 3.41. The molecule has 0 bridgehead atoms. The Bertz CT molecular complexity index is 409. The molecule has 1 aliphatic rings. The lowest BCUT2D eigenvalue weighted by Gasteiger charge is -2.21. The third-order valence-corrected chi connectivity index (χ3v) is 3.07. The number of benzene rings is 1. The first-order valence-electron chi connectivity index (χ1n) is 5.50. The summed E-state index contributed by atoms with van der Waals surface area (Å²) in [6.45, 7) is 3.64. The highest BCUT2D eigenvalue weighted by molar-refractivity contribution is 5.46. The van der Waals surface area contributed by atoms with Crippen molar-refractivity contribution in [2.45, 2.75) is 32.6 Å². The van der Waals surface area contributed by atoms with Gasteiger partial charge in [-0.05, 0) is 38.3 Å². The largest absolute Gasteiger partial charge is 0.496 e. The molecular formula is C13H16F2O. The number of alkyl halides is 2. The van der Waals surface area contributed by atoms with Crippen molar-refractivity contribution < 1.29 is 13.5 Å². The zero-order valence-electron chi connectivity index (χ0n) is 9.81. The Morgan fingerprint density at radius 3 is 2.38 bits per heavy atom. The summed E-state index contributed by atoms with van der Waals surface area (Å²) in [5, 5.41) is 0. The van der Waals surface area contributed by atoms with E-state index in [1.54, 1.807) is 13.0 Å². The van der Waals surface area contributed by atoms with Crippen LogP contribution >= 0.6 is 0 Å². The van der Waals surface area contributed by atoms with Crippen LogP contribution in [-0.2, 0) is 5.92 Å². The molecule has 0 atom stereocenters. The van der Waals surface area contributed by atoms with E-state index >= 15 is 0 Å². The van der Waals surface area contributed by atoms with Gasteiger partial charge >= 0.3 is 0 Å². The lowest BCUT2D eigenvalue weighted by atomic mass is 9.98. The average molecular weight is 226 g/mol. The van der Waals surface area contributed by atoms with Gasteiger partial charge in [-0.2, -0.15) is 0 Å². The van der Waals surface area contributed by atoms with Gasteiger partial charge in [0.25, 0.3) is 5.92 Å². The molecular weight excluding hydrogens is 210 g/mol. The van der Waals surface area contributed by atoms with E-state index in [1.807, 2.05) is 13.0 Å². The number of rotatable bonds is 3. The van der Waals surface area contributed by atoms with Gasteiger partial charge in [0.2, 0.25) is 0 Å². The van der Waals surface area contributed by atoms with Crippen molar-refractivity contribution in [2.24, 2.45) is 5.92 Å². The summed E-state index contributed by atoms with van der Waals surface area (Å²) < 4.78 is 33.3. The SMILES string of the molecule is COc1c(C)cc(C)cc1C(F)(F)C1CC1. The van der Waals surface area contributed by atoms with E-state index in [-0.39, 0.29) is 5.56 Å². The molecule has 1 aromatic carbocycles. The topological polar surface area (TPSA) is 9.23 Å². The fourth-order valence-electron chi connectivity index (χ4n) is 2.14. The van der Waals surface area contributed by atoms with Gasteiger partial charge in [0, 0.05) is 5.92 Å². The van der Waals surface area contributed by atoms with Crippen molar-refractivity contribution in [1.29, 1.82) is 0 Å². The molecule has 0 aliphatic heterocycles. The summed E-state index contributed by atoms with van der Waals surface area (Å²) in [5.41, 5.74) is 1.68. The van der Waals surface area contributed by atoms with Crippen LogP contribution in [0.15, 0.2) is 12.1 Å². The lowest BCUT2D eigenvalue weighted by Crippen LogP contribution is -2.18. The average Bonchev–Trinajstić information content (AvgIpc) is 2.99. The highest BCUT2D eigenvalue weighted by Crippen LogP contribution is 2.52. The Morgan fingerprint density at radius 1 is 1.25 bits per heavy atom. The van der Waals surface area contributed by atoms with Crippen LogP contribution in [0.5, 0.6) is 5.75 Å². The Hall–Kier alpha value is -1.12. The van der Waals surface area contributed by atoms with Crippen molar-refractivity contribution in [3.05, 3.63) is 28.8 Å². The zero-order valence-corrected chi connectivity index (χ0v) is 9.81. The summed E-state index contributed by atoms with van der Waals surface area (Å²) >= 11 is 0. The molecule has 0 spiro atoms. The zero-order chi connectivity index (χ0) is 11.9. The number of hydrogen-bond acceptors (Lipinski definition) is 1. The fraction of sp³-hybridized carbons (Fsp3) is 0.538. The van der Waals surface area contributed by atoms with Crippen molar-refractivity contribution >= 4 is 0 Å². The van der Waals surface area contributed by atoms with Crippen LogP contribution in [0.4, 0.5) is 8.78 Å². The van der Waals surface area contributed by atoms with E-state index in [2.05, 4.69) is 0 Å². The molecule has 0 radical (unpaired) electrons. The lowest BCUT2D eigenvalue weighted by molar-refractivity contribution is -0.0306. The number of halogens is 2. The minimum atomic E-state index is -2.75. The Kier molecular flexibility index (Phi) is 2.64. The number of aryl methyl sites for hydroxylation is 2. The van der Waals surface area contributed by atoms with Crippen LogP contribution in [0.2, 0.25) is 0 Å². The quantitative estimate of drug-likeness (QED) is 0.761. The predicted molar refractivity (Wildman–Crippen MR) is 59.1 cm³/mol. The van der Waals surface area contributed by atoms with Crippen molar-refractivity contribution in [2.75, 3.05) is 7.11 Å². The maximum Gasteiger partial charge on any atom is 0.279 e. The minimum absolute atomic E-state index is 0.0509. The van der Waals surface area contributed by atoms with Crippen molar-refractivity contribution in [3.8, 4) is 5.75 Å². The van der Waals surface area contributed by atoms with E-state index < -0.39 is 11.8 Å². The van der Waals surface area contributed by atoms with Gasteiger partial charge in [0.1, 0.15) is 5.75 Å². The van der Waals surface area contributed by atoms with Gasteiger partial charge < -0.3 is 4.74 Å². The second-order valence-electron chi connectivity index (χ2n) is 4.56. The highest BCUT2D eigenvalue weighted by Gasteiger charge is 2.49. The molecule has 1 fully saturated rings. The standard InChI is InChI=1S/C13H16F2O/c1-8-6-9(2)12(16-3)11(7-8)13(14,15)10-4-5-10/h6-7,10H,4-5H2,1-3H3. The van der Waals surface area contributed by atoms with Gasteiger partial charge in [0.15, 0.2) is 0 Å². The normalized spacial score (nSPS) is 16.3. The maximum atomic E-state index is 14.1. The summed E-state index contributed by atoms with van der Waals surface area (Å²) in [6.07, 6.45) is 1.23. The summed E-state index contributed by atoms with van der Waals surface area (Å²) in [7, 11) is 1.45. The second kappa shape index (κ2) is 3.72. The maximum absolute atomic E-state index is 14.1. The monoisotopic (exact) mass is 226 g/mol. The van der Waals surface area contributed by atoms with Gasteiger partial charge in [0.05, 0.1) is 12.7 Å². The molecule has 1 aliphatic carbocycles. The van der Waals surface area contributed by atoms with E-state index in [9.17, 15) is 8.78 Å². The smallest absolute Gasteiger partial charge is 0.279 e. The number of hydrogen-bond donors (Lipinski definition) is 0. The molecule has 1 nitrogen and oxygen atoms in total. The Labute approximate surface area is 94.4 Å². The minimum Gasteiger partial charge on any atom is -0.496 e. The van der Waals surface area contributed by atoms with Crippen LogP contribution in [0.1, 0.15) is 29.5 Å². The molecule has 16 heavy (non-hydrogen) atoms. The Balaban J connectivity index is 2.53. The van der Waals surface area contributed by atoms with Crippen LogP contribution in [-0.4, -0.2) is 7.11 Å².